The molecule has 1 heterocycles. The quantitative estimate of drug-likeness (QED) is 0.271. The van der Waals surface area contributed by atoms with Crippen LogP contribution in [0.2, 0.25) is 0 Å². The average Bonchev–Trinajstić information content (AvgIpc) is 3.08. The number of carbonyl (C=O) groups excluding carboxylic acids is 1. The zero-order chi connectivity index (χ0) is 21.4. The second kappa shape index (κ2) is 12.1. The van der Waals surface area contributed by atoms with Gasteiger partial charge in [0.2, 0.25) is 0 Å². The summed E-state index contributed by atoms with van der Waals surface area (Å²) in [6.07, 6.45) is 3.40. The maximum absolute atomic E-state index is 12.9. The largest absolute Gasteiger partial charge is 0.444 e. The second-order valence-electron chi connectivity index (χ2n) is 7.42. The third-order valence-corrected chi connectivity index (χ3v) is 4.31. The topological polar surface area (TPSA) is 92.6 Å². The van der Waals surface area contributed by atoms with E-state index >= 15 is 0 Å². The molecule has 11 heteroatoms. The van der Waals surface area contributed by atoms with Gasteiger partial charge in [0.1, 0.15) is 11.4 Å². The van der Waals surface area contributed by atoms with Crippen LogP contribution in [0.15, 0.2) is 17.4 Å². The predicted molar refractivity (Wildman–Crippen MR) is 120 cm³/mol. The number of guanidine groups is 1. The number of carbonyl (C=O) groups is 1. The van der Waals surface area contributed by atoms with Crippen molar-refractivity contribution in [3.63, 3.8) is 0 Å². The van der Waals surface area contributed by atoms with Crippen LogP contribution in [0.1, 0.15) is 59.8 Å². The molecule has 0 aliphatic carbocycles. The highest BCUT2D eigenvalue weighted by Gasteiger charge is 2.30. The van der Waals surface area contributed by atoms with Gasteiger partial charge in [0, 0.05) is 26.0 Å². The van der Waals surface area contributed by atoms with Gasteiger partial charge in [-0.3, -0.25) is 9.56 Å². The van der Waals surface area contributed by atoms with Gasteiger partial charge in [0.15, 0.2) is 5.96 Å². The zero-order valence-corrected chi connectivity index (χ0v) is 20.2. The summed E-state index contributed by atoms with van der Waals surface area (Å²) in [6, 6.07) is 0. The Morgan fingerprint density at radius 2 is 1.90 bits per heavy atom. The average molecular weight is 530 g/mol. The fourth-order valence-electron chi connectivity index (χ4n) is 2.54. The Labute approximate surface area is 188 Å². The maximum atomic E-state index is 12.9. The Kier molecular flexibility index (Phi) is 11.4. The molecule has 0 atom stereocenters. The van der Waals surface area contributed by atoms with Crippen LogP contribution >= 0.6 is 24.0 Å². The standard InChI is InChI=1S/C18H32F2N6O2.HI/c1-7-18(8-2,25-16(27)28-17(3,4)5)12-24-15(21-6)23-11-13-22-9-10-26(13)14(19)20;/h9-10,14H,7-8,11-12H2,1-6H3,(H,25,27)(H2,21,23,24);1H. The first kappa shape index (κ1) is 27.3. The molecule has 168 valence electrons. The summed E-state index contributed by atoms with van der Waals surface area (Å²) in [7, 11) is 1.58. The monoisotopic (exact) mass is 530 g/mol. The van der Waals surface area contributed by atoms with Crippen molar-refractivity contribution in [2.24, 2.45) is 4.99 Å². The summed E-state index contributed by atoms with van der Waals surface area (Å²) < 4.78 is 31.9. The molecule has 0 unspecified atom stereocenters. The molecule has 1 aromatic heterocycles. The molecule has 29 heavy (non-hydrogen) atoms. The minimum atomic E-state index is -2.65. The molecule has 0 saturated carbocycles. The summed E-state index contributed by atoms with van der Waals surface area (Å²) in [5.41, 5.74) is -1.13. The summed E-state index contributed by atoms with van der Waals surface area (Å²) >= 11 is 0. The number of ether oxygens (including phenoxy) is 1. The van der Waals surface area contributed by atoms with E-state index in [1.807, 2.05) is 13.8 Å². The highest BCUT2D eigenvalue weighted by atomic mass is 127. The van der Waals surface area contributed by atoms with E-state index in [0.29, 0.717) is 25.3 Å². The lowest BCUT2D eigenvalue weighted by Gasteiger charge is -2.34. The van der Waals surface area contributed by atoms with Gasteiger partial charge < -0.3 is 20.7 Å². The first-order valence-electron chi connectivity index (χ1n) is 9.31. The number of hydrogen-bond donors (Lipinski definition) is 3. The van der Waals surface area contributed by atoms with Crippen LogP contribution in [0.3, 0.4) is 0 Å². The van der Waals surface area contributed by atoms with Crippen molar-refractivity contribution < 1.29 is 18.3 Å². The van der Waals surface area contributed by atoms with Crippen molar-refractivity contribution in [1.29, 1.82) is 0 Å². The van der Waals surface area contributed by atoms with Crippen LogP contribution < -0.4 is 16.0 Å². The smallest absolute Gasteiger partial charge is 0.408 e. The van der Waals surface area contributed by atoms with Crippen molar-refractivity contribution in [1.82, 2.24) is 25.5 Å². The van der Waals surface area contributed by atoms with Gasteiger partial charge in [0.05, 0.1) is 12.1 Å². The number of amides is 1. The molecule has 0 fully saturated rings. The molecule has 8 nitrogen and oxygen atoms in total. The lowest BCUT2D eigenvalue weighted by atomic mass is 9.93. The van der Waals surface area contributed by atoms with E-state index in [2.05, 4.69) is 25.9 Å². The Hall–Kier alpha value is -1.66. The molecule has 0 saturated heterocycles. The molecule has 0 bridgehead atoms. The van der Waals surface area contributed by atoms with Crippen LogP contribution in [0.25, 0.3) is 0 Å². The molecule has 3 N–H and O–H groups in total. The van der Waals surface area contributed by atoms with Crippen molar-refractivity contribution in [2.75, 3.05) is 13.6 Å². The van der Waals surface area contributed by atoms with Gasteiger partial charge in [-0.25, -0.2) is 9.78 Å². The maximum Gasteiger partial charge on any atom is 0.408 e. The molecule has 0 aliphatic heterocycles. The van der Waals surface area contributed by atoms with Crippen molar-refractivity contribution in [3.05, 3.63) is 18.2 Å². The van der Waals surface area contributed by atoms with Crippen molar-refractivity contribution in [2.45, 2.75) is 71.7 Å². The molecular formula is C18H33F2IN6O2. The van der Waals surface area contributed by atoms with Crippen LogP contribution in [-0.2, 0) is 11.3 Å². The Bertz CT molecular complexity index is 657. The lowest BCUT2D eigenvalue weighted by molar-refractivity contribution is 0.0448. The summed E-state index contributed by atoms with van der Waals surface area (Å²) in [5.74, 6) is 0.614. The molecule has 1 rings (SSSR count). The number of aromatic nitrogens is 2. The lowest BCUT2D eigenvalue weighted by Crippen LogP contribution is -2.57. The zero-order valence-electron chi connectivity index (χ0n) is 17.9. The van der Waals surface area contributed by atoms with Crippen LogP contribution in [0, 0.1) is 0 Å². The van der Waals surface area contributed by atoms with Gasteiger partial charge in [-0.1, -0.05) is 13.8 Å². The van der Waals surface area contributed by atoms with E-state index in [9.17, 15) is 13.6 Å². The minimum Gasteiger partial charge on any atom is -0.444 e. The number of alkyl carbamates (subject to hydrolysis) is 1. The van der Waals surface area contributed by atoms with Crippen LogP contribution in [0.4, 0.5) is 13.6 Å². The van der Waals surface area contributed by atoms with Gasteiger partial charge >= 0.3 is 12.6 Å². The number of aliphatic imine (C=N–C) groups is 1. The summed E-state index contributed by atoms with van der Waals surface area (Å²) in [6.45, 7) is 7.18. The van der Waals surface area contributed by atoms with Gasteiger partial charge in [0.25, 0.3) is 0 Å². The van der Waals surface area contributed by atoms with E-state index in [0.717, 1.165) is 4.57 Å². The number of rotatable bonds is 8. The minimum absolute atomic E-state index is 0. The van der Waals surface area contributed by atoms with E-state index < -0.39 is 23.8 Å². The number of halogens is 3. The van der Waals surface area contributed by atoms with Crippen molar-refractivity contribution >= 4 is 36.0 Å². The number of hydrogen-bond acceptors (Lipinski definition) is 4. The third kappa shape index (κ3) is 9.13. The fraction of sp³-hybridized carbons (Fsp3) is 0.722. The summed E-state index contributed by atoms with van der Waals surface area (Å²) in [5, 5.41) is 9.03. The van der Waals surface area contributed by atoms with Gasteiger partial charge in [-0.15, -0.1) is 24.0 Å². The summed E-state index contributed by atoms with van der Waals surface area (Å²) in [4.78, 5) is 20.2. The Morgan fingerprint density at radius 3 is 2.38 bits per heavy atom. The Morgan fingerprint density at radius 1 is 1.28 bits per heavy atom. The van der Waals surface area contributed by atoms with E-state index in [1.165, 1.54) is 12.4 Å². The number of imidazole rings is 1. The van der Waals surface area contributed by atoms with Crippen LogP contribution in [-0.4, -0.2) is 46.3 Å². The predicted octanol–water partition coefficient (Wildman–Crippen LogP) is 3.64. The SMILES string of the molecule is CCC(CC)(CNC(=NC)NCc1nccn1C(F)F)NC(=O)OC(C)(C)C.I. The van der Waals surface area contributed by atoms with Gasteiger partial charge in [-0.2, -0.15) is 8.78 Å². The first-order chi connectivity index (χ1) is 13.1. The highest BCUT2D eigenvalue weighted by Crippen LogP contribution is 2.16. The molecule has 0 aromatic carbocycles. The van der Waals surface area contributed by atoms with Gasteiger partial charge in [-0.05, 0) is 33.6 Å². The third-order valence-electron chi connectivity index (χ3n) is 4.31. The fourth-order valence-corrected chi connectivity index (χ4v) is 2.54. The van der Waals surface area contributed by atoms with Crippen LogP contribution in [0.5, 0.6) is 0 Å². The first-order valence-corrected chi connectivity index (χ1v) is 9.31. The Balaban J connectivity index is 0.00000784. The van der Waals surface area contributed by atoms with E-state index in [4.69, 9.17) is 4.74 Å². The number of nitrogens with zero attached hydrogens (tertiary/aromatic N) is 3. The molecule has 1 aromatic rings. The van der Waals surface area contributed by atoms with Crippen molar-refractivity contribution in [3.8, 4) is 0 Å². The van der Waals surface area contributed by atoms with E-state index in [1.54, 1.807) is 27.8 Å². The molecular weight excluding hydrogens is 497 g/mol. The highest BCUT2D eigenvalue weighted by molar-refractivity contribution is 14.0. The normalized spacial score (nSPS) is 12.4. The second-order valence-corrected chi connectivity index (χ2v) is 7.42. The molecule has 0 radical (unpaired) electrons. The molecule has 0 aliphatic rings. The number of alkyl halides is 2. The van der Waals surface area contributed by atoms with E-state index in [-0.39, 0.29) is 36.3 Å². The number of nitrogens with one attached hydrogen (secondary N) is 3. The molecule has 1 amide bonds. The molecule has 0 spiro atoms.